The van der Waals surface area contributed by atoms with Gasteiger partial charge in [-0.05, 0) is 12.8 Å². The summed E-state index contributed by atoms with van der Waals surface area (Å²) in [4.78, 5) is 0. The number of aromatic nitrogens is 2. The summed E-state index contributed by atoms with van der Waals surface area (Å²) in [6, 6.07) is 0.0896. The number of rotatable bonds is 4. The molecule has 0 radical (unpaired) electrons. The van der Waals surface area contributed by atoms with E-state index in [2.05, 4.69) is 16.8 Å². The lowest BCUT2D eigenvalue weighted by Gasteiger charge is -2.05. The number of allylic oxidation sites excluding steroid dienone is 1. The normalized spacial score (nSPS) is 12.8. The Morgan fingerprint density at radius 1 is 1.82 bits per heavy atom. The molecule has 0 amide bonds. The van der Waals surface area contributed by atoms with E-state index in [1.54, 1.807) is 6.20 Å². The van der Waals surface area contributed by atoms with Gasteiger partial charge in [-0.2, -0.15) is 5.10 Å². The van der Waals surface area contributed by atoms with E-state index in [4.69, 9.17) is 5.73 Å². The van der Waals surface area contributed by atoms with Crippen LogP contribution in [0, 0.1) is 0 Å². The topological polar surface area (TPSA) is 54.7 Å². The Morgan fingerprint density at radius 3 is 3.18 bits per heavy atom. The van der Waals surface area contributed by atoms with Crippen molar-refractivity contribution < 1.29 is 0 Å². The van der Waals surface area contributed by atoms with Gasteiger partial charge < -0.3 is 5.73 Å². The van der Waals surface area contributed by atoms with Crippen LogP contribution < -0.4 is 5.73 Å². The number of nitrogens with two attached hydrogens (primary N) is 1. The van der Waals surface area contributed by atoms with E-state index in [1.807, 2.05) is 12.3 Å². The molecular formula is C8H13N3. The molecule has 3 N–H and O–H groups in total. The van der Waals surface area contributed by atoms with Crippen LogP contribution in [0.4, 0.5) is 0 Å². The summed E-state index contributed by atoms with van der Waals surface area (Å²) in [5.74, 6) is 0. The Kier molecular flexibility index (Phi) is 2.86. The number of nitrogens with one attached hydrogen (secondary N) is 1. The van der Waals surface area contributed by atoms with Crippen LogP contribution >= 0.6 is 0 Å². The number of hydrogen-bond donors (Lipinski definition) is 2. The molecule has 0 bridgehead atoms. The van der Waals surface area contributed by atoms with Crippen molar-refractivity contribution in [3.63, 3.8) is 0 Å². The summed E-state index contributed by atoms with van der Waals surface area (Å²) in [6.45, 7) is 3.63. The first-order valence-electron chi connectivity index (χ1n) is 3.69. The van der Waals surface area contributed by atoms with E-state index in [0.717, 1.165) is 18.4 Å². The molecule has 0 aliphatic carbocycles. The summed E-state index contributed by atoms with van der Waals surface area (Å²) in [5, 5.41) is 6.55. The fourth-order valence-corrected chi connectivity index (χ4v) is 0.928. The average Bonchev–Trinajstić information content (AvgIpc) is 2.52. The van der Waals surface area contributed by atoms with Crippen LogP contribution in [0.1, 0.15) is 24.4 Å². The smallest absolute Gasteiger partial charge is 0.0535 e. The first-order chi connectivity index (χ1) is 5.34. The van der Waals surface area contributed by atoms with Crippen molar-refractivity contribution >= 4 is 0 Å². The molecule has 1 unspecified atom stereocenters. The molecule has 3 heteroatoms. The van der Waals surface area contributed by atoms with Crippen LogP contribution in [0.5, 0.6) is 0 Å². The van der Waals surface area contributed by atoms with Crippen molar-refractivity contribution in [3.8, 4) is 0 Å². The molecule has 0 fully saturated rings. The van der Waals surface area contributed by atoms with Gasteiger partial charge in [0.2, 0.25) is 0 Å². The first kappa shape index (κ1) is 8.01. The second kappa shape index (κ2) is 3.93. The molecule has 0 aliphatic rings. The third-order valence-corrected chi connectivity index (χ3v) is 1.63. The Morgan fingerprint density at radius 2 is 2.64 bits per heavy atom. The summed E-state index contributed by atoms with van der Waals surface area (Å²) < 4.78 is 0. The minimum Gasteiger partial charge on any atom is -0.324 e. The molecule has 0 saturated carbocycles. The third kappa shape index (κ3) is 2.20. The molecular weight excluding hydrogens is 138 g/mol. The number of H-pyrrole nitrogens is 1. The monoisotopic (exact) mass is 151 g/mol. The van der Waals surface area contributed by atoms with E-state index in [9.17, 15) is 0 Å². The van der Waals surface area contributed by atoms with Gasteiger partial charge in [-0.1, -0.05) is 6.08 Å². The molecule has 1 aromatic rings. The van der Waals surface area contributed by atoms with Crippen molar-refractivity contribution in [2.75, 3.05) is 0 Å². The van der Waals surface area contributed by atoms with E-state index in [1.165, 1.54) is 0 Å². The molecule has 0 spiro atoms. The molecule has 3 nitrogen and oxygen atoms in total. The molecule has 1 aromatic heterocycles. The lowest BCUT2D eigenvalue weighted by molar-refractivity contribution is 0.662. The highest BCUT2D eigenvalue weighted by Crippen LogP contribution is 2.13. The van der Waals surface area contributed by atoms with Crippen molar-refractivity contribution in [1.82, 2.24) is 10.2 Å². The standard InChI is InChI=1S/C8H13N3/c1-2-3-4-8(9)7-5-10-11-6-7/h2,5-6,8H,1,3-4,9H2,(H,10,11). The molecule has 0 aromatic carbocycles. The quantitative estimate of drug-likeness (QED) is 0.639. The average molecular weight is 151 g/mol. The Bertz CT molecular complexity index is 203. The SMILES string of the molecule is C=CCCC(N)c1cn[nH]c1. The first-order valence-corrected chi connectivity index (χ1v) is 3.69. The van der Waals surface area contributed by atoms with E-state index >= 15 is 0 Å². The third-order valence-electron chi connectivity index (χ3n) is 1.63. The zero-order chi connectivity index (χ0) is 8.10. The van der Waals surface area contributed by atoms with Gasteiger partial charge in [-0.25, -0.2) is 0 Å². The predicted molar refractivity (Wildman–Crippen MR) is 44.9 cm³/mol. The number of aromatic amines is 1. The van der Waals surface area contributed by atoms with Crippen LogP contribution in [0.3, 0.4) is 0 Å². The number of nitrogens with zero attached hydrogens (tertiary/aromatic N) is 1. The molecule has 0 saturated heterocycles. The summed E-state index contributed by atoms with van der Waals surface area (Å²) in [5.41, 5.74) is 6.88. The van der Waals surface area contributed by atoms with Crippen LogP contribution in [0.15, 0.2) is 25.0 Å². The van der Waals surface area contributed by atoms with Crippen LogP contribution in [0.2, 0.25) is 0 Å². The van der Waals surface area contributed by atoms with Gasteiger partial charge in [-0.3, -0.25) is 5.10 Å². The molecule has 0 aliphatic heterocycles. The van der Waals surface area contributed by atoms with Crippen molar-refractivity contribution in [3.05, 3.63) is 30.6 Å². The van der Waals surface area contributed by atoms with Gasteiger partial charge in [-0.15, -0.1) is 6.58 Å². The van der Waals surface area contributed by atoms with Crippen LogP contribution in [-0.2, 0) is 0 Å². The predicted octanol–water partition coefficient (Wildman–Crippen LogP) is 1.38. The van der Waals surface area contributed by atoms with Gasteiger partial charge >= 0.3 is 0 Å². The van der Waals surface area contributed by atoms with E-state index in [0.29, 0.717) is 0 Å². The summed E-state index contributed by atoms with van der Waals surface area (Å²) >= 11 is 0. The Balaban J connectivity index is 2.42. The zero-order valence-electron chi connectivity index (χ0n) is 6.46. The van der Waals surface area contributed by atoms with Gasteiger partial charge in [0.25, 0.3) is 0 Å². The fourth-order valence-electron chi connectivity index (χ4n) is 0.928. The van der Waals surface area contributed by atoms with Gasteiger partial charge in [0.1, 0.15) is 0 Å². The van der Waals surface area contributed by atoms with E-state index < -0.39 is 0 Å². The van der Waals surface area contributed by atoms with Crippen LogP contribution in [-0.4, -0.2) is 10.2 Å². The second-order valence-electron chi connectivity index (χ2n) is 2.50. The van der Waals surface area contributed by atoms with Crippen molar-refractivity contribution in [2.24, 2.45) is 5.73 Å². The lowest BCUT2D eigenvalue weighted by Crippen LogP contribution is -2.08. The maximum Gasteiger partial charge on any atom is 0.0535 e. The molecule has 60 valence electrons. The van der Waals surface area contributed by atoms with Gasteiger partial charge in [0.05, 0.1) is 6.20 Å². The minimum atomic E-state index is 0.0896. The molecule has 11 heavy (non-hydrogen) atoms. The molecule has 1 atom stereocenters. The summed E-state index contributed by atoms with van der Waals surface area (Å²) in [7, 11) is 0. The Hall–Kier alpha value is -1.09. The van der Waals surface area contributed by atoms with Crippen LogP contribution in [0.25, 0.3) is 0 Å². The largest absolute Gasteiger partial charge is 0.324 e. The number of hydrogen-bond acceptors (Lipinski definition) is 2. The summed E-state index contributed by atoms with van der Waals surface area (Å²) in [6.07, 6.45) is 7.34. The Labute approximate surface area is 66.3 Å². The molecule has 1 rings (SSSR count). The van der Waals surface area contributed by atoms with Crippen molar-refractivity contribution in [2.45, 2.75) is 18.9 Å². The van der Waals surface area contributed by atoms with Gasteiger partial charge in [0.15, 0.2) is 0 Å². The molecule has 1 heterocycles. The maximum absolute atomic E-state index is 5.82. The minimum absolute atomic E-state index is 0.0896. The lowest BCUT2D eigenvalue weighted by atomic mass is 10.1. The highest BCUT2D eigenvalue weighted by Gasteiger charge is 2.04. The maximum atomic E-state index is 5.82. The van der Waals surface area contributed by atoms with Gasteiger partial charge in [0, 0.05) is 17.8 Å². The highest BCUT2D eigenvalue weighted by atomic mass is 15.1. The second-order valence-corrected chi connectivity index (χ2v) is 2.50. The highest BCUT2D eigenvalue weighted by molar-refractivity contribution is 5.08. The van der Waals surface area contributed by atoms with Crippen molar-refractivity contribution in [1.29, 1.82) is 0 Å². The fraction of sp³-hybridized carbons (Fsp3) is 0.375. The van der Waals surface area contributed by atoms with E-state index in [-0.39, 0.29) is 6.04 Å². The zero-order valence-corrected chi connectivity index (χ0v) is 6.46.